The molecule has 10 heteroatoms. The Morgan fingerprint density at radius 2 is 1.83 bits per heavy atom. The van der Waals surface area contributed by atoms with E-state index in [4.69, 9.17) is 4.74 Å². The molecule has 0 unspecified atom stereocenters. The number of methoxy groups -OCH3 is 1. The molecule has 0 aromatic heterocycles. The molecular formula is C20H25N3O6S. The lowest BCUT2D eigenvalue weighted by Crippen LogP contribution is -2.47. The van der Waals surface area contributed by atoms with E-state index in [0.717, 1.165) is 28.6 Å². The number of ether oxygens (including phenoxy) is 1. The van der Waals surface area contributed by atoms with Crippen LogP contribution in [0.3, 0.4) is 0 Å². The van der Waals surface area contributed by atoms with E-state index in [2.05, 4.69) is 5.32 Å². The number of nitrogens with zero attached hydrogens (tertiary/aromatic N) is 2. The molecule has 1 amide bonds. The van der Waals surface area contributed by atoms with E-state index < -0.39 is 26.9 Å². The van der Waals surface area contributed by atoms with Gasteiger partial charge in [-0.3, -0.25) is 19.2 Å². The number of hydrogen-bond acceptors (Lipinski definition) is 6. The van der Waals surface area contributed by atoms with Gasteiger partial charge < -0.3 is 10.1 Å². The quantitative estimate of drug-likeness (QED) is 0.477. The number of nitro benzene ring substituents is 1. The Balaban J connectivity index is 2.49. The molecule has 2 rings (SSSR count). The van der Waals surface area contributed by atoms with Gasteiger partial charge in [0.25, 0.3) is 5.69 Å². The van der Waals surface area contributed by atoms with E-state index >= 15 is 0 Å². The Morgan fingerprint density at radius 3 is 2.30 bits per heavy atom. The summed E-state index contributed by atoms with van der Waals surface area (Å²) < 4.78 is 31.4. The summed E-state index contributed by atoms with van der Waals surface area (Å²) in [5.74, 6) is -0.453. The van der Waals surface area contributed by atoms with Crippen molar-refractivity contribution in [2.24, 2.45) is 0 Å². The number of anilines is 2. The highest BCUT2D eigenvalue weighted by Crippen LogP contribution is 2.35. The first-order valence-electron chi connectivity index (χ1n) is 9.34. The smallest absolute Gasteiger partial charge is 0.271 e. The maximum Gasteiger partial charge on any atom is 0.271 e. The summed E-state index contributed by atoms with van der Waals surface area (Å²) >= 11 is 0. The van der Waals surface area contributed by atoms with Crippen molar-refractivity contribution in [3.63, 3.8) is 0 Å². The van der Waals surface area contributed by atoms with E-state index in [1.54, 1.807) is 19.1 Å². The molecule has 9 nitrogen and oxygen atoms in total. The zero-order valence-electron chi connectivity index (χ0n) is 17.3. The lowest BCUT2D eigenvalue weighted by atomic mass is 10.1. The Morgan fingerprint density at radius 1 is 1.20 bits per heavy atom. The van der Waals surface area contributed by atoms with Crippen LogP contribution in [0.5, 0.6) is 5.75 Å². The van der Waals surface area contributed by atoms with Gasteiger partial charge in [-0.15, -0.1) is 0 Å². The third-order valence-electron chi connectivity index (χ3n) is 4.57. The molecule has 0 saturated carbocycles. The molecule has 0 heterocycles. The van der Waals surface area contributed by atoms with Crippen LogP contribution < -0.4 is 14.4 Å². The predicted molar refractivity (Wildman–Crippen MR) is 115 cm³/mol. The molecule has 2 aromatic rings. The van der Waals surface area contributed by atoms with Crippen LogP contribution in [0, 0.1) is 10.1 Å². The minimum atomic E-state index is -3.98. The Kier molecular flexibility index (Phi) is 7.38. The second-order valence-corrected chi connectivity index (χ2v) is 8.50. The van der Waals surface area contributed by atoms with E-state index in [0.29, 0.717) is 5.69 Å². The van der Waals surface area contributed by atoms with Gasteiger partial charge in [-0.25, -0.2) is 8.42 Å². The zero-order valence-corrected chi connectivity index (χ0v) is 18.1. The van der Waals surface area contributed by atoms with Crippen molar-refractivity contribution in [3.05, 3.63) is 58.1 Å². The molecule has 0 radical (unpaired) electrons. The normalized spacial score (nSPS) is 12.1. The average Bonchev–Trinajstić information content (AvgIpc) is 2.70. The molecule has 0 saturated heterocycles. The highest BCUT2D eigenvalue weighted by Gasteiger charge is 2.34. The van der Waals surface area contributed by atoms with Crippen molar-refractivity contribution in [1.29, 1.82) is 0 Å². The number of rotatable bonds is 9. The largest absolute Gasteiger partial charge is 0.495 e. The van der Waals surface area contributed by atoms with Gasteiger partial charge in [0, 0.05) is 17.8 Å². The predicted octanol–water partition coefficient (Wildman–Crippen LogP) is 3.35. The average molecular weight is 436 g/mol. The van der Waals surface area contributed by atoms with Crippen LogP contribution >= 0.6 is 0 Å². The van der Waals surface area contributed by atoms with Crippen LogP contribution in [0.1, 0.15) is 25.8 Å². The SMILES string of the molecule is CCc1ccc(NC(=O)[C@@H](CC)N(c2cc([N+](=O)[O-])ccc2OC)S(C)(=O)=O)cc1. The fourth-order valence-electron chi connectivity index (χ4n) is 3.05. The third-order valence-corrected chi connectivity index (χ3v) is 5.74. The van der Waals surface area contributed by atoms with E-state index in [1.807, 2.05) is 19.1 Å². The second kappa shape index (κ2) is 9.57. The van der Waals surface area contributed by atoms with Crippen molar-refractivity contribution in [3.8, 4) is 5.75 Å². The van der Waals surface area contributed by atoms with Crippen molar-refractivity contribution in [2.75, 3.05) is 23.0 Å². The third kappa shape index (κ3) is 5.26. The van der Waals surface area contributed by atoms with Gasteiger partial charge >= 0.3 is 0 Å². The number of carbonyl (C=O) groups excluding carboxylic acids is 1. The summed E-state index contributed by atoms with van der Waals surface area (Å²) in [6.07, 6.45) is 1.93. The lowest BCUT2D eigenvalue weighted by Gasteiger charge is -2.30. The second-order valence-electron chi connectivity index (χ2n) is 6.64. The first-order chi connectivity index (χ1) is 14.1. The number of hydrogen-bond donors (Lipinski definition) is 1. The molecule has 162 valence electrons. The fourth-order valence-corrected chi connectivity index (χ4v) is 4.26. The van der Waals surface area contributed by atoms with Gasteiger partial charge in [0.15, 0.2) is 0 Å². The van der Waals surface area contributed by atoms with Crippen LogP contribution in [-0.4, -0.2) is 38.7 Å². The highest BCUT2D eigenvalue weighted by atomic mass is 32.2. The van der Waals surface area contributed by atoms with Crippen molar-refractivity contribution < 1.29 is 22.9 Å². The van der Waals surface area contributed by atoms with E-state index in [-0.39, 0.29) is 23.5 Å². The number of aryl methyl sites for hydroxylation is 1. The van der Waals surface area contributed by atoms with Gasteiger partial charge in [-0.05, 0) is 36.6 Å². The first-order valence-corrected chi connectivity index (χ1v) is 11.2. The molecule has 0 aliphatic rings. The summed E-state index contributed by atoms with van der Waals surface area (Å²) in [6.45, 7) is 3.67. The number of carbonyl (C=O) groups is 1. The number of benzene rings is 2. The van der Waals surface area contributed by atoms with Crippen LogP contribution in [0.2, 0.25) is 0 Å². The molecular weight excluding hydrogens is 410 g/mol. The maximum absolute atomic E-state index is 13.0. The highest BCUT2D eigenvalue weighted by molar-refractivity contribution is 7.92. The van der Waals surface area contributed by atoms with Crippen LogP contribution in [0.25, 0.3) is 0 Å². The van der Waals surface area contributed by atoms with Crippen LogP contribution in [-0.2, 0) is 21.2 Å². The minimum absolute atomic E-state index is 0.0717. The monoisotopic (exact) mass is 435 g/mol. The van der Waals surface area contributed by atoms with E-state index in [1.165, 1.54) is 19.2 Å². The number of nitro groups is 1. The Bertz CT molecular complexity index is 1020. The Labute approximate surface area is 175 Å². The van der Waals surface area contributed by atoms with Crippen molar-refractivity contribution >= 4 is 33.0 Å². The summed E-state index contributed by atoms with van der Waals surface area (Å²) in [7, 11) is -2.66. The summed E-state index contributed by atoms with van der Waals surface area (Å²) in [5.41, 5.74) is 1.23. The molecule has 0 bridgehead atoms. The number of amides is 1. The lowest BCUT2D eigenvalue weighted by molar-refractivity contribution is -0.384. The van der Waals surface area contributed by atoms with Crippen LogP contribution in [0.15, 0.2) is 42.5 Å². The molecule has 1 atom stereocenters. The molecule has 0 aliphatic heterocycles. The Hall–Kier alpha value is -3.14. The number of sulfonamides is 1. The topological polar surface area (TPSA) is 119 Å². The molecule has 30 heavy (non-hydrogen) atoms. The fraction of sp³-hybridized carbons (Fsp3) is 0.350. The molecule has 0 fully saturated rings. The summed E-state index contributed by atoms with van der Waals surface area (Å²) in [5, 5.41) is 13.9. The van der Waals surface area contributed by atoms with Gasteiger partial charge in [-0.2, -0.15) is 0 Å². The molecule has 0 spiro atoms. The standard InChI is InChI=1S/C20H25N3O6S/c1-5-14-7-9-15(10-8-14)21-20(24)17(6-2)22(30(4,27)28)18-13-16(23(25)26)11-12-19(18)29-3/h7-13,17H,5-6H2,1-4H3,(H,21,24)/t17-/m1/s1. The number of nitrogens with one attached hydrogen (secondary N) is 1. The van der Waals surface area contributed by atoms with Gasteiger partial charge in [0.05, 0.1) is 18.3 Å². The zero-order chi connectivity index (χ0) is 22.5. The van der Waals surface area contributed by atoms with Gasteiger partial charge in [-0.1, -0.05) is 26.0 Å². The summed E-state index contributed by atoms with van der Waals surface area (Å²) in [6, 6.07) is 9.68. The van der Waals surface area contributed by atoms with E-state index in [9.17, 15) is 23.3 Å². The van der Waals surface area contributed by atoms with Crippen LogP contribution in [0.4, 0.5) is 17.1 Å². The molecule has 0 aliphatic carbocycles. The number of non-ortho nitro benzene ring substituents is 1. The van der Waals surface area contributed by atoms with Gasteiger partial charge in [0.1, 0.15) is 17.5 Å². The van der Waals surface area contributed by atoms with Gasteiger partial charge in [0.2, 0.25) is 15.9 Å². The van der Waals surface area contributed by atoms with Crippen molar-refractivity contribution in [2.45, 2.75) is 32.7 Å². The van der Waals surface area contributed by atoms with Crippen molar-refractivity contribution in [1.82, 2.24) is 0 Å². The summed E-state index contributed by atoms with van der Waals surface area (Å²) in [4.78, 5) is 23.6. The molecule has 2 aromatic carbocycles. The minimum Gasteiger partial charge on any atom is -0.495 e. The first kappa shape index (κ1) is 23.1. The maximum atomic E-state index is 13.0. The molecule has 1 N–H and O–H groups in total.